The third-order valence-corrected chi connectivity index (χ3v) is 7.99. The Bertz CT molecular complexity index is 1090. The lowest BCUT2D eigenvalue weighted by Crippen LogP contribution is -2.48. The predicted octanol–water partition coefficient (Wildman–Crippen LogP) is 4.71. The molecule has 2 aromatic carbocycles. The van der Waals surface area contributed by atoms with Crippen LogP contribution in [0.1, 0.15) is 63.1 Å². The van der Waals surface area contributed by atoms with Crippen molar-refractivity contribution in [1.82, 2.24) is 10.2 Å². The topological polar surface area (TPSA) is 77.1 Å². The highest BCUT2D eigenvalue weighted by atomic mass is 16.5. The average Bonchev–Trinajstić information content (AvgIpc) is 2.89. The Morgan fingerprint density at radius 3 is 2.64 bits per heavy atom. The number of hydrogen-bond donors (Lipinski definition) is 3. The maximum atomic E-state index is 13.4. The molecule has 1 aliphatic heterocycles. The lowest BCUT2D eigenvalue weighted by molar-refractivity contribution is -0.123. The van der Waals surface area contributed by atoms with Crippen LogP contribution in [0, 0.1) is 12.8 Å². The Kier molecular flexibility index (Phi) is 10.0. The standard InChI is InChI=1S/C32H48N4O3/c1-23-17-30(14-11-27(23)20-36-16-15-33-24(2)19-36)35(5)31(37)26-9-12-28(13-10-26)34-29-8-6-7-25(18-29)21-39-22-32(3,4)38/h6-8,11,14,17-18,24,26,28,33-34,38H,9-10,12-13,15-16,19-22H2,1-5H3/t24-,26-,28-/m0/s1. The summed E-state index contributed by atoms with van der Waals surface area (Å²) in [6.45, 7) is 12.8. The van der Waals surface area contributed by atoms with Crippen LogP contribution in [-0.2, 0) is 22.7 Å². The van der Waals surface area contributed by atoms with Crippen molar-refractivity contribution in [3.8, 4) is 0 Å². The third-order valence-electron chi connectivity index (χ3n) is 7.99. The summed E-state index contributed by atoms with van der Waals surface area (Å²) in [5, 5.41) is 17.0. The molecule has 2 aliphatic rings. The SMILES string of the molecule is Cc1cc(N(C)C(=O)[C@H]2CC[C@H](Nc3cccc(COCC(C)(C)O)c3)CC2)ccc1CN1CCN[C@@H](C)C1. The van der Waals surface area contributed by atoms with Crippen LogP contribution in [0.4, 0.5) is 11.4 Å². The summed E-state index contributed by atoms with van der Waals surface area (Å²) in [7, 11) is 1.92. The number of carbonyl (C=O) groups is 1. The summed E-state index contributed by atoms with van der Waals surface area (Å²) >= 11 is 0. The van der Waals surface area contributed by atoms with E-state index in [1.807, 2.05) is 24.1 Å². The summed E-state index contributed by atoms with van der Waals surface area (Å²) in [6.07, 6.45) is 3.75. The Morgan fingerprint density at radius 2 is 1.95 bits per heavy atom. The fourth-order valence-corrected chi connectivity index (χ4v) is 5.75. The summed E-state index contributed by atoms with van der Waals surface area (Å²) in [5.41, 5.74) is 4.91. The van der Waals surface area contributed by atoms with Gasteiger partial charge in [-0.25, -0.2) is 0 Å². The van der Waals surface area contributed by atoms with E-state index in [0.29, 0.717) is 25.3 Å². The van der Waals surface area contributed by atoms with E-state index in [9.17, 15) is 9.90 Å². The average molecular weight is 537 g/mol. The number of nitrogens with zero attached hydrogens (tertiary/aromatic N) is 2. The summed E-state index contributed by atoms with van der Waals surface area (Å²) < 4.78 is 5.66. The molecule has 1 saturated carbocycles. The minimum absolute atomic E-state index is 0.0666. The van der Waals surface area contributed by atoms with Gasteiger partial charge in [0.25, 0.3) is 0 Å². The van der Waals surface area contributed by atoms with Gasteiger partial charge in [-0.1, -0.05) is 18.2 Å². The van der Waals surface area contributed by atoms with Crippen molar-refractivity contribution in [2.24, 2.45) is 5.92 Å². The van der Waals surface area contributed by atoms with E-state index >= 15 is 0 Å². The van der Waals surface area contributed by atoms with E-state index in [2.05, 4.69) is 59.7 Å². The molecule has 7 nitrogen and oxygen atoms in total. The van der Waals surface area contributed by atoms with Gasteiger partial charge < -0.3 is 25.4 Å². The first-order chi connectivity index (χ1) is 18.6. The van der Waals surface area contributed by atoms with Crippen LogP contribution in [-0.4, -0.2) is 66.9 Å². The molecule has 1 heterocycles. The van der Waals surface area contributed by atoms with Gasteiger partial charge in [0.2, 0.25) is 5.91 Å². The highest BCUT2D eigenvalue weighted by molar-refractivity contribution is 5.94. The van der Waals surface area contributed by atoms with Crippen LogP contribution in [0.5, 0.6) is 0 Å². The lowest BCUT2D eigenvalue weighted by atomic mass is 9.85. The van der Waals surface area contributed by atoms with E-state index in [-0.39, 0.29) is 11.8 Å². The molecule has 0 spiro atoms. The number of amides is 1. The second-order valence-corrected chi connectivity index (χ2v) is 12.3. The molecule has 214 valence electrons. The van der Waals surface area contributed by atoms with E-state index in [4.69, 9.17) is 4.74 Å². The number of anilines is 2. The molecule has 1 amide bonds. The minimum atomic E-state index is -0.827. The summed E-state index contributed by atoms with van der Waals surface area (Å²) in [4.78, 5) is 17.8. The predicted molar refractivity (Wildman–Crippen MR) is 159 cm³/mol. The van der Waals surface area contributed by atoms with Gasteiger partial charge in [0.05, 0.1) is 18.8 Å². The molecule has 1 atom stereocenters. The van der Waals surface area contributed by atoms with Gasteiger partial charge in [-0.05, 0) is 94.3 Å². The first-order valence-electron chi connectivity index (χ1n) is 14.6. The van der Waals surface area contributed by atoms with Crippen molar-refractivity contribution in [3.63, 3.8) is 0 Å². The maximum Gasteiger partial charge on any atom is 0.229 e. The fourth-order valence-electron chi connectivity index (χ4n) is 5.75. The van der Waals surface area contributed by atoms with Crippen LogP contribution >= 0.6 is 0 Å². The van der Waals surface area contributed by atoms with E-state index in [1.165, 1.54) is 11.1 Å². The Labute approximate surface area is 234 Å². The second kappa shape index (κ2) is 13.3. The molecular weight excluding hydrogens is 488 g/mol. The molecule has 2 aromatic rings. The molecule has 1 saturated heterocycles. The smallest absolute Gasteiger partial charge is 0.229 e. The largest absolute Gasteiger partial charge is 0.388 e. The summed E-state index contributed by atoms with van der Waals surface area (Å²) in [6, 6.07) is 15.6. The van der Waals surface area contributed by atoms with Crippen molar-refractivity contribution in [1.29, 1.82) is 0 Å². The molecular formula is C32H48N4O3. The number of nitrogens with one attached hydrogen (secondary N) is 2. The first-order valence-corrected chi connectivity index (χ1v) is 14.6. The zero-order valence-corrected chi connectivity index (χ0v) is 24.5. The van der Waals surface area contributed by atoms with Crippen molar-refractivity contribution in [2.75, 3.05) is 43.5 Å². The number of piperazine rings is 1. The zero-order valence-electron chi connectivity index (χ0n) is 24.5. The Hall–Kier alpha value is -2.45. The monoisotopic (exact) mass is 536 g/mol. The maximum absolute atomic E-state index is 13.4. The first kappa shape index (κ1) is 29.5. The van der Waals surface area contributed by atoms with Gasteiger partial charge in [0, 0.05) is 62.6 Å². The van der Waals surface area contributed by atoms with Crippen LogP contribution in [0.2, 0.25) is 0 Å². The van der Waals surface area contributed by atoms with Gasteiger partial charge >= 0.3 is 0 Å². The molecule has 3 N–H and O–H groups in total. The third kappa shape index (κ3) is 8.77. The van der Waals surface area contributed by atoms with Crippen LogP contribution < -0.4 is 15.5 Å². The minimum Gasteiger partial charge on any atom is -0.388 e. The molecule has 1 aliphatic carbocycles. The van der Waals surface area contributed by atoms with Crippen molar-refractivity contribution < 1.29 is 14.6 Å². The molecule has 0 unspecified atom stereocenters. The number of ether oxygens (including phenoxy) is 1. The van der Waals surface area contributed by atoms with Gasteiger partial charge in [-0.2, -0.15) is 0 Å². The van der Waals surface area contributed by atoms with Crippen LogP contribution in [0.3, 0.4) is 0 Å². The molecule has 4 rings (SSSR count). The van der Waals surface area contributed by atoms with Crippen molar-refractivity contribution >= 4 is 17.3 Å². The lowest BCUT2D eigenvalue weighted by Gasteiger charge is -2.33. The fraction of sp³-hybridized carbons (Fsp3) is 0.594. The van der Waals surface area contributed by atoms with E-state index in [0.717, 1.165) is 68.8 Å². The zero-order chi connectivity index (χ0) is 28.0. The van der Waals surface area contributed by atoms with Gasteiger partial charge in [-0.15, -0.1) is 0 Å². The second-order valence-electron chi connectivity index (χ2n) is 12.3. The number of hydrogen-bond acceptors (Lipinski definition) is 6. The Balaban J connectivity index is 1.25. The highest BCUT2D eigenvalue weighted by Gasteiger charge is 2.29. The van der Waals surface area contributed by atoms with E-state index in [1.54, 1.807) is 13.8 Å². The number of carbonyl (C=O) groups excluding carboxylic acids is 1. The Morgan fingerprint density at radius 1 is 1.18 bits per heavy atom. The van der Waals surface area contributed by atoms with Crippen LogP contribution in [0.25, 0.3) is 0 Å². The molecule has 7 heteroatoms. The van der Waals surface area contributed by atoms with Crippen LogP contribution in [0.15, 0.2) is 42.5 Å². The van der Waals surface area contributed by atoms with Gasteiger partial charge in [0.1, 0.15) is 0 Å². The molecule has 2 fully saturated rings. The van der Waals surface area contributed by atoms with E-state index < -0.39 is 5.60 Å². The van der Waals surface area contributed by atoms with Crippen molar-refractivity contribution in [2.45, 2.75) is 84.2 Å². The van der Waals surface area contributed by atoms with Gasteiger partial charge in [-0.3, -0.25) is 9.69 Å². The molecule has 0 radical (unpaired) electrons. The summed E-state index contributed by atoms with van der Waals surface area (Å²) in [5.74, 6) is 0.291. The number of aliphatic hydroxyl groups is 1. The normalized spacial score (nSPS) is 22.5. The molecule has 0 aromatic heterocycles. The highest BCUT2D eigenvalue weighted by Crippen LogP contribution is 2.30. The van der Waals surface area contributed by atoms with Crippen molar-refractivity contribution in [3.05, 3.63) is 59.2 Å². The number of benzene rings is 2. The number of rotatable bonds is 10. The van der Waals surface area contributed by atoms with Gasteiger partial charge in [0.15, 0.2) is 0 Å². The molecule has 39 heavy (non-hydrogen) atoms. The molecule has 0 bridgehead atoms. The quantitative estimate of drug-likeness (QED) is 0.408. The number of aryl methyl sites for hydroxylation is 1.